The summed E-state index contributed by atoms with van der Waals surface area (Å²) in [4.78, 5) is 57.6. The smallest absolute Gasteiger partial charge is 0.328 e. The number of nitrogens with zero attached hydrogens (tertiary/aromatic N) is 2. The van der Waals surface area contributed by atoms with Crippen molar-refractivity contribution < 1.29 is 24.3 Å². The Morgan fingerprint density at radius 2 is 1.84 bits per heavy atom. The van der Waals surface area contributed by atoms with E-state index in [1.807, 2.05) is 0 Å². The van der Waals surface area contributed by atoms with Gasteiger partial charge >= 0.3 is 5.97 Å². The summed E-state index contributed by atoms with van der Waals surface area (Å²) in [7, 11) is 0. The number of carbonyl (C=O) groups is 4. The normalized spacial score (nSPS) is 13.4. The van der Waals surface area contributed by atoms with Gasteiger partial charge in [0.1, 0.15) is 11.7 Å². The Morgan fingerprint density at radius 3 is 2.49 bits per heavy atom. The molecule has 0 fully saturated rings. The minimum atomic E-state index is -1.45. The number of aliphatic carboxylic acids is 1. The van der Waals surface area contributed by atoms with Gasteiger partial charge in [0.05, 0.1) is 28.1 Å². The molecule has 1 aliphatic heterocycles. The number of H-pyrrole nitrogens is 1. The van der Waals surface area contributed by atoms with E-state index in [2.05, 4.69) is 20.6 Å². The molecule has 0 saturated heterocycles. The van der Waals surface area contributed by atoms with Crippen molar-refractivity contribution in [1.82, 2.24) is 25.5 Å². The van der Waals surface area contributed by atoms with Gasteiger partial charge in [0.2, 0.25) is 0 Å². The molecule has 1 atom stereocenters. The van der Waals surface area contributed by atoms with Crippen molar-refractivity contribution in [3.8, 4) is 0 Å². The number of imidazole rings is 1. The Labute approximate surface area is 225 Å². The molecule has 4 rings (SSSR count). The topological polar surface area (TPSA) is 144 Å². The number of rotatable bonds is 7. The van der Waals surface area contributed by atoms with E-state index in [4.69, 9.17) is 34.8 Å². The molecule has 1 aliphatic rings. The van der Waals surface area contributed by atoms with Crippen LogP contribution in [0.15, 0.2) is 42.9 Å². The van der Waals surface area contributed by atoms with Crippen LogP contribution in [-0.2, 0) is 17.8 Å². The SMILES string of the molecule is O=C(NC[C@H](NC(=O)c1c(Cl)cc2c(c1Cl)CCN(C(=O)c1ccc(Cl)cc1)C2)C(=O)O)c1cnc[nH]1. The van der Waals surface area contributed by atoms with Gasteiger partial charge in [-0.25, -0.2) is 9.78 Å². The number of hydrogen-bond donors (Lipinski definition) is 4. The number of halogens is 3. The zero-order chi connectivity index (χ0) is 26.7. The molecule has 3 amide bonds. The quantitative estimate of drug-likeness (QED) is 0.347. The molecule has 0 bridgehead atoms. The van der Waals surface area contributed by atoms with Crippen molar-refractivity contribution in [2.75, 3.05) is 13.1 Å². The number of nitrogens with one attached hydrogen (secondary N) is 3. The summed E-state index contributed by atoms with van der Waals surface area (Å²) < 4.78 is 0. The molecular weight excluding hydrogens is 545 g/mol. The van der Waals surface area contributed by atoms with Crippen molar-refractivity contribution in [2.45, 2.75) is 19.0 Å². The van der Waals surface area contributed by atoms with Gasteiger partial charge in [0.25, 0.3) is 17.7 Å². The average molecular weight is 565 g/mol. The third-order valence-corrected chi connectivity index (χ3v) is 6.79. The van der Waals surface area contributed by atoms with Crippen LogP contribution in [0.2, 0.25) is 15.1 Å². The van der Waals surface area contributed by atoms with Crippen LogP contribution in [0.3, 0.4) is 0 Å². The van der Waals surface area contributed by atoms with Crippen LogP contribution in [0.1, 0.15) is 42.3 Å². The Kier molecular flexibility index (Phi) is 8.01. The average Bonchev–Trinajstić information content (AvgIpc) is 3.41. The van der Waals surface area contributed by atoms with E-state index in [-0.39, 0.29) is 40.3 Å². The molecule has 37 heavy (non-hydrogen) atoms. The maximum absolute atomic E-state index is 13.0. The highest BCUT2D eigenvalue weighted by Gasteiger charge is 2.29. The second-order valence-corrected chi connectivity index (χ2v) is 9.43. The van der Waals surface area contributed by atoms with E-state index >= 15 is 0 Å². The van der Waals surface area contributed by atoms with Crippen molar-refractivity contribution in [3.05, 3.63) is 85.9 Å². The lowest BCUT2D eigenvalue weighted by molar-refractivity contribution is -0.139. The number of amides is 3. The number of carboxylic acid groups (broad SMARTS) is 1. The highest BCUT2D eigenvalue weighted by atomic mass is 35.5. The fourth-order valence-electron chi connectivity index (χ4n) is 3.91. The van der Waals surface area contributed by atoms with Crippen LogP contribution in [0.5, 0.6) is 0 Å². The third kappa shape index (κ3) is 5.87. The highest BCUT2D eigenvalue weighted by Crippen LogP contribution is 2.35. The lowest BCUT2D eigenvalue weighted by Crippen LogP contribution is -2.48. The number of hydrogen-bond acceptors (Lipinski definition) is 5. The summed E-state index contributed by atoms with van der Waals surface area (Å²) in [6, 6.07) is 6.66. The molecule has 2 heterocycles. The van der Waals surface area contributed by atoms with E-state index in [0.717, 1.165) is 0 Å². The number of carbonyl (C=O) groups excluding carboxylic acids is 3. The summed E-state index contributed by atoms with van der Waals surface area (Å²) in [6.07, 6.45) is 2.95. The monoisotopic (exact) mass is 563 g/mol. The molecule has 0 unspecified atom stereocenters. The third-order valence-electron chi connectivity index (χ3n) is 5.82. The molecule has 3 aromatic rings. The summed E-state index contributed by atoms with van der Waals surface area (Å²) >= 11 is 18.8. The lowest BCUT2D eigenvalue weighted by Gasteiger charge is -2.30. The van der Waals surface area contributed by atoms with E-state index in [9.17, 15) is 24.3 Å². The molecule has 1 aromatic heterocycles. The van der Waals surface area contributed by atoms with E-state index in [0.29, 0.717) is 34.7 Å². The molecule has 13 heteroatoms. The van der Waals surface area contributed by atoms with Gasteiger partial charge < -0.3 is 25.6 Å². The van der Waals surface area contributed by atoms with Gasteiger partial charge in [-0.1, -0.05) is 34.8 Å². The first-order valence-corrected chi connectivity index (χ1v) is 12.1. The minimum absolute atomic E-state index is 0.00711. The Morgan fingerprint density at radius 1 is 1.11 bits per heavy atom. The number of aromatic nitrogens is 2. The van der Waals surface area contributed by atoms with Crippen molar-refractivity contribution in [1.29, 1.82) is 0 Å². The summed E-state index contributed by atoms with van der Waals surface area (Å²) in [5, 5.41) is 14.9. The molecule has 0 spiro atoms. The lowest BCUT2D eigenvalue weighted by atomic mass is 9.96. The number of aromatic amines is 1. The Bertz CT molecular complexity index is 1360. The Balaban J connectivity index is 1.48. The summed E-state index contributed by atoms with van der Waals surface area (Å²) in [5.41, 5.74) is 1.88. The first-order chi connectivity index (χ1) is 17.7. The van der Waals surface area contributed by atoms with Crippen molar-refractivity contribution in [3.63, 3.8) is 0 Å². The van der Waals surface area contributed by atoms with Crippen LogP contribution in [0, 0.1) is 0 Å². The molecular formula is C24H20Cl3N5O5. The van der Waals surface area contributed by atoms with Gasteiger partial charge in [-0.05, 0) is 47.9 Å². The second kappa shape index (κ2) is 11.2. The van der Waals surface area contributed by atoms with E-state index in [1.54, 1.807) is 35.2 Å². The maximum Gasteiger partial charge on any atom is 0.328 e. The highest BCUT2D eigenvalue weighted by molar-refractivity contribution is 6.40. The molecule has 192 valence electrons. The fraction of sp³-hybridized carbons (Fsp3) is 0.208. The first-order valence-electron chi connectivity index (χ1n) is 11.0. The zero-order valence-corrected chi connectivity index (χ0v) is 21.3. The molecule has 0 saturated carbocycles. The van der Waals surface area contributed by atoms with Crippen LogP contribution >= 0.6 is 34.8 Å². The largest absolute Gasteiger partial charge is 0.480 e. The summed E-state index contributed by atoms with van der Waals surface area (Å²) in [6.45, 7) is 0.199. The standard InChI is InChI=1S/C24H20Cl3N5O5/c25-14-3-1-12(2-4-14)23(35)32-6-5-15-13(10-32)7-16(26)19(20(15)27)22(34)31-18(24(36)37)9-29-21(33)17-8-28-11-30-17/h1-4,7-8,11,18H,5-6,9-10H2,(H,28,30)(H,29,33)(H,31,34)(H,36,37)/t18-/m0/s1. The minimum Gasteiger partial charge on any atom is -0.480 e. The van der Waals surface area contributed by atoms with Crippen molar-refractivity contribution >= 4 is 58.5 Å². The number of fused-ring (bicyclic) bond motifs is 1. The van der Waals surface area contributed by atoms with Gasteiger partial charge in [0, 0.05) is 30.2 Å². The van der Waals surface area contributed by atoms with E-state index < -0.39 is 23.8 Å². The van der Waals surface area contributed by atoms with Gasteiger partial charge in [-0.15, -0.1) is 0 Å². The van der Waals surface area contributed by atoms with Crippen LogP contribution in [-0.4, -0.2) is 62.8 Å². The van der Waals surface area contributed by atoms with Crippen LogP contribution in [0.4, 0.5) is 0 Å². The molecule has 2 aromatic carbocycles. The predicted molar refractivity (Wildman–Crippen MR) is 136 cm³/mol. The van der Waals surface area contributed by atoms with Crippen LogP contribution in [0.25, 0.3) is 0 Å². The van der Waals surface area contributed by atoms with Gasteiger partial charge in [-0.2, -0.15) is 0 Å². The fourth-order valence-corrected chi connectivity index (χ4v) is 4.80. The molecule has 0 aliphatic carbocycles. The molecule has 4 N–H and O–H groups in total. The number of carboxylic acids is 1. The van der Waals surface area contributed by atoms with Crippen LogP contribution < -0.4 is 10.6 Å². The summed E-state index contributed by atoms with van der Waals surface area (Å²) in [5.74, 6) is -2.93. The van der Waals surface area contributed by atoms with Gasteiger partial charge in [0.15, 0.2) is 0 Å². The zero-order valence-electron chi connectivity index (χ0n) is 19.1. The Hall–Kier alpha value is -3.60. The molecule has 0 radical (unpaired) electrons. The van der Waals surface area contributed by atoms with E-state index in [1.165, 1.54) is 12.5 Å². The van der Waals surface area contributed by atoms with Crippen molar-refractivity contribution in [2.24, 2.45) is 0 Å². The maximum atomic E-state index is 13.0. The first kappa shape index (κ1) is 26.5. The van der Waals surface area contributed by atoms with Gasteiger partial charge in [-0.3, -0.25) is 14.4 Å². The second-order valence-electron chi connectivity index (χ2n) is 8.21. The molecule has 10 nitrogen and oxygen atoms in total. The number of benzene rings is 2. The predicted octanol–water partition coefficient (Wildman–Crippen LogP) is 3.18.